The molecule has 1 saturated heterocycles. The molecule has 3 atom stereocenters. The minimum Gasteiger partial charge on any atom is -0.493 e. The van der Waals surface area contributed by atoms with E-state index in [0.29, 0.717) is 43.3 Å². The highest BCUT2D eigenvalue weighted by Crippen LogP contribution is 2.32. The Hall–Kier alpha value is -3.28. The number of hydrogen-bond acceptors (Lipinski definition) is 11. The number of amides is 3. The number of esters is 1. The number of ketones is 1. The van der Waals surface area contributed by atoms with Crippen LogP contribution in [0, 0.1) is 6.92 Å². The zero-order valence-corrected chi connectivity index (χ0v) is 27.2. The average Bonchev–Trinajstić information content (AvgIpc) is 3.23. The zero-order chi connectivity index (χ0) is 32.5. The van der Waals surface area contributed by atoms with Crippen LogP contribution in [0.4, 0.5) is 4.79 Å². The molecule has 3 unspecified atom stereocenters. The van der Waals surface area contributed by atoms with E-state index >= 15 is 0 Å². The van der Waals surface area contributed by atoms with Gasteiger partial charge in [-0.15, -0.1) is 9.24 Å². The number of alkyl carbamates (subject to hydrolysis) is 1. The van der Waals surface area contributed by atoms with Crippen molar-refractivity contribution in [1.29, 1.82) is 0 Å². The van der Waals surface area contributed by atoms with Crippen LogP contribution in [-0.2, 0) is 44.7 Å². The fourth-order valence-electron chi connectivity index (χ4n) is 4.59. The Morgan fingerprint density at radius 1 is 1.02 bits per heavy atom. The fourth-order valence-corrected chi connectivity index (χ4v) is 4.97. The van der Waals surface area contributed by atoms with Crippen molar-refractivity contribution in [3.05, 3.63) is 23.3 Å². The zero-order valence-electron chi connectivity index (χ0n) is 26.0. The van der Waals surface area contributed by atoms with Crippen LogP contribution in [0.25, 0.3) is 0 Å². The number of aryl methyl sites for hydroxylation is 1. The first-order valence-electron chi connectivity index (χ1n) is 14.7. The van der Waals surface area contributed by atoms with Gasteiger partial charge in [-0.25, -0.2) is 4.79 Å². The van der Waals surface area contributed by atoms with E-state index < -0.39 is 18.1 Å². The number of benzene rings is 1. The van der Waals surface area contributed by atoms with E-state index in [1.807, 2.05) is 13.0 Å². The molecule has 1 aromatic rings. The highest BCUT2D eigenvalue weighted by atomic mass is 31.0. The summed E-state index contributed by atoms with van der Waals surface area (Å²) in [6.45, 7) is 5.14. The lowest BCUT2D eigenvalue weighted by Gasteiger charge is -2.18. The van der Waals surface area contributed by atoms with Gasteiger partial charge >= 0.3 is 12.1 Å². The molecule has 3 amide bonds. The van der Waals surface area contributed by atoms with Gasteiger partial charge < -0.3 is 33.7 Å². The number of ether oxygens (including phenoxy) is 6. The summed E-state index contributed by atoms with van der Waals surface area (Å²) in [5.74, 6) is 0.203. The van der Waals surface area contributed by atoms with Crippen LogP contribution in [0.15, 0.2) is 12.1 Å². The number of likely N-dealkylation sites (tertiary alicyclic amines) is 1. The SMILES string of the molecule is CCOC(=O)CCC(CC(=O)CCCOCCOCCN1C(=O)CC(P)C1=O)NC(=O)OCc1cc(C)c(OC)c(OC)c1. The molecule has 1 aromatic carbocycles. The molecule has 1 N–H and O–H groups in total. The number of rotatable bonds is 21. The average molecular weight is 641 g/mol. The third-order valence-corrected chi connectivity index (χ3v) is 7.27. The summed E-state index contributed by atoms with van der Waals surface area (Å²) in [5.41, 5.74) is 1.16. The largest absolute Gasteiger partial charge is 0.493 e. The van der Waals surface area contributed by atoms with Crippen molar-refractivity contribution in [2.45, 2.75) is 70.7 Å². The summed E-state index contributed by atoms with van der Waals surface area (Å²) >= 11 is 0. The van der Waals surface area contributed by atoms with Gasteiger partial charge in [0.2, 0.25) is 11.8 Å². The summed E-state index contributed by atoms with van der Waals surface area (Å²) in [6.07, 6.45) is 0.481. The van der Waals surface area contributed by atoms with Gasteiger partial charge in [0.15, 0.2) is 11.5 Å². The van der Waals surface area contributed by atoms with E-state index in [9.17, 15) is 24.0 Å². The first kappa shape index (κ1) is 36.9. The molecule has 1 fully saturated rings. The van der Waals surface area contributed by atoms with Gasteiger partial charge in [0, 0.05) is 38.3 Å². The third-order valence-electron chi connectivity index (χ3n) is 6.75. The number of carbonyl (C=O) groups is 5. The Kier molecular flexibility index (Phi) is 16.7. The van der Waals surface area contributed by atoms with E-state index in [0.717, 1.165) is 5.56 Å². The summed E-state index contributed by atoms with van der Waals surface area (Å²) in [4.78, 5) is 62.0. The van der Waals surface area contributed by atoms with Gasteiger partial charge in [-0.3, -0.25) is 24.1 Å². The van der Waals surface area contributed by atoms with E-state index in [4.69, 9.17) is 28.4 Å². The van der Waals surface area contributed by atoms with Gasteiger partial charge in [-0.05, 0) is 49.9 Å². The first-order valence-corrected chi connectivity index (χ1v) is 15.3. The van der Waals surface area contributed by atoms with Gasteiger partial charge in [0.05, 0.1) is 52.9 Å². The van der Waals surface area contributed by atoms with E-state index in [2.05, 4.69) is 14.6 Å². The molecule has 13 nitrogen and oxygen atoms in total. The molecule has 0 aliphatic carbocycles. The normalized spacial score (nSPS) is 15.2. The van der Waals surface area contributed by atoms with Crippen LogP contribution < -0.4 is 14.8 Å². The maximum Gasteiger partial charge on any atom is 0.407 e. The maximum atomic E-state index is 12.7. The Balaban J connectivity index is 1.72. The van der Waals surface area contributed by atoms with Crippen molar-refractivity contribution in [1.82, 2.24) is 10.2 Å². The molecule has 1 heterocycles. The smallest absolute Gasteiger partial charge is 0.407 e. The molecule has 14 heteroatoms. The number of nitrogens with one attached hydrogen (secondary N) is 1. The maximum absolute atomic E-state index is 12.7. The van der Waals surface area contributed by atoms with Crippen LogP contribution in [-0.4, -0.2) is 100 Å². The molecule has 0 bridgehead atoms. The second kappa shape index (κ2) is 19.9. The van der Waals surface area contributed by atoms with Crippen molar-refractivity contribution in [3.8, 4) is 11.5 Å². The van der Waals surface area contributed by atoms with Gasteiger partial charge in [-0.2, -0.15) is 0 Å². The van der Waals surface area contributed by atoms with Gasteiger partial charge in [0.25, 0.3) is 0 Å². The van der Waals surface area contributed by atoms with Crippen molar-refractivity contribution in [2.24, 2.45) is 0 Å². The number of nitrogens with zero attached hydrogens (tertiary/aromatic N) is 1. The summed E-state index contributed by atoms with van der Waals surface area (Å²) in [5, 5.41) is 2.70. The lowest BCUT2D eigenvalue weighted by molar-refractivity contribution is -0.143. The topological polar surface area (TPSA) is 156 Å². The van der Waals surface area contributed by atoms with Crippen LogP contribution >= 0.6 is 9.24 Å². The van der Waals surface area contributed by atoms with Crippen molar-refractivity contribution in [2.75, 3.05) is 53.8 Å². The van der Waals surface area contributed by atoms with Crippen molar-refractivity contribution < 1.29 is 52.4 Å². The molecule has 44 heavy (non-hydrogen) atoms. The van der Waals surface area contributed by atoms with Crippen LogP contribution in [0.1, 0.15) is 56.6 Å². The van der Waals surface area contributed by atoms with Crippen LogP contribution in [0.3, 0.4) is 0 Å². The molecule has 2 rings (SSSR count). The lowest BCUT2D eigenvalue weighted by Crippen LogP contribution is -2.37. The predicted molar refractivity (Wildman–Crippen MR) is 163 cm³/mol. The lowest BCUT2D eigenvalue weighted by atomic mass is 10.0. The van der Waals surface area contributed by atoms with Gasteiger partial charge in [-0.1, -0.05) is 0 Å². The molecule has 0 saturated carbocycles. The fraction of sp³-hybridized carbons (Fsp3) is 0.633. The van der Waals surface area contributed by atoms with Crippen molar-refractivity contribution >= 4 is 38.9 Å². The molecule has 246 valence electrons. The van der Waals surface area contributed by atoms with E-state index in [1.54, 1.807) is 20.1 Å². The Bertz CT molecular complexity index is 1130. The Morgan fingerprint density at radius 3 is 2.39 bits per heavy atom. The number of imide groups is 1. The standard InChI is InChI=1S/C30H45N2O11P/c1-5-42-27(35)9-8-22(31-30(37)43-19-21-15-20(2)28(39-4)24(16-21)38-3)17-23(33)7-6-11-40-13-14-41-12-10-32-26(34)18-25(44)29(32)36/h15-16,22,25H,5-14,17-19,44H2,1-4H3,(H,31,37). The first-order chi connectivity index (χ1) is 21.1. The summed E-state index contributed by atoms with van der Waals surface area (Å²) in [6, 6.07) is 2.92. The Labute approximate surface area is 260 Å². The van der Waals surface area contributed by atoms with Gasteiger partial charge in [0.1, 0.15) is 12.4 Å². The molecule has 0 spiro atoms. The van der Waals surface area contributed by atoms with E-state index in [-0.39, 0.29) is 81.7 Å². The Morgan fingerprint density at radius 2 is 1.75 bits per heavy atom. The molecule has 0 aromatic heterocycles. The minimum atomic E-state index is -0.714. The number of carbonyl (C=O) groups excluding carboxylic acids is 5. The number of hydrogen-bond donors (Lipinski definition) is 1. The summed E-state index contributed by atoms with van der Waals surface area (Å²) < 4.78 is 32.0. The molecule has 0 radical (unpaired) electrons. The summed E-state index contributed by atoms with van der Waals surface area (Å²) in [7, 11) is 5.44. The third kappa shape index (κ3) is 12.8. The van der Waals surface area contributed by atoms with Crippen LogP contribution in [0.5, 0.6) is 11.5 Å². The highest BCUT2D eigenvalue weighted by Gasteiger charge is 2.35. The van der Waals surface area contributed by atoms with Crippen molar-refractivity contribution in [3.63, 3.8) is 0 Å². The molecule has 1 aliphatic heterocycles. The second-order valence-corrected chi connectivity index (χ2v) is 11.0. The highest BCUT2D eigenvalue weighted by molar-refractivity contribution is 7.19. The number of Topliss-reactive ketones (excluding diaryl/α,β-unsaturated/α-hetero) is 1. The van der Waals surface area contributed by atoms with E-state index in [1.165, 1.54) is 12.0 Å². The molecular weight excluding hydrogens is 595 g/mol. The van der Waals surface area contributed by atoms with Crippen LogP contribution in [0.2, 0.25) is 0 Å². The minimum absolute atomic E-state index is 0.0259. The molecular formula is C30H45N2O11P. The number of methoxy groups -OCH3 is 2. The molecule has 1 aliphatic rings. The second-order valence-electron chi connectivity index (χ2n) is 10.2. The monoisotopic (exact) mass is 640 g/mol. The quantitative estimate of drug-likeness (QED) is 0.0913. The predicted octanol–water partition coefficient (Wildman–Crippen LogP) is 2.73.